The Bertz CT molecular complexity index is 458. The molecule has 0 aromatic heterocycles. The molecule has 0 atom stereocenters. The van der Waals surface area contributed by atoms with Gasteiger partial charge in [-0.1, -0.05) is 13.8 Å². The van der Waals surface area contributed by atoms with Crippen molar-refractivity contribution < 1.29 is 9.53 Å². The van der Waals surface area contributed by atoms with E-state index in [-0.39, 0.29) is 5.97 Å². The van der Waals surface area contributed by atoms with Gasteiger partial charge in [-0.05, 0) is 43.0 Å². The van der Waals surface area contributed by atoms with Crippen molar-refractivity contribution in [1.82, 2.24) is 0 Å². The molecule has 0 amide bonds. The zero-order valence-electron chi connectivity index (χ0n) is 10.5. The highest BCUT2D eigenvalue weighted by Gasteiger charge is 2.14. The number of hydrogen-bond donors (Lipinski definition) is 0. The van der Waals surface area contributed by atoms with Gasteiger partial charge < -0.3 is 4.74 Å². The van der Waals surface area contributed by atoms with Gasteiger partial charge in [-0.3, -0.25) is 0 Å². The van der Waals surface area contributed by atoms with Crippen molar-refractivity contribution in [3.05, 3.63) is 34.4 Å². The van der Waals surface area contributed by atoms with Gasteiger partial charge in [0.25, 0.3) is 0 Å². The van der Waals surface area contributed by atoms with Crippen LogP contribution in [0.2, 0.25) is 0 Å². The van der Waals surface area contributed by atoms with Crippen molar-refractivity contribution in [2.24, 2.45) is 0 Å². The Kier molecular flexibility index (Phi) is 4.71. The molecule has 0 aliphatic rings. The Labute approximate surface area is 102 Å². The van der Waals surface area contributed by atoms with Crippen LogP contribution in [-0.4, -0.2) is 12.6 Å². The van der Waals surface area contributed by atoms with Crippen LogP contribution < -0.4 is 0 Å². The molecule has 0 aliphatic carbocycles. The maximum atomic E-state index is 11.8. The standard InChI is InChI=1S/C14H17NO2/c1-4-10-8-13(14(16)17-6-3)11(5-2)7-12(10)9-15/h7-8H,4-6H2,1-3H3. The Morgan fingerprint density at radius 3 is 2.35 bits per heavy atom. The van der Waals surface area contributed by atoms with Gasteiger partial charge in [-0.15, -0.1) is 0 Å². The van der Waals surface area contributed by atoms with Crippen LogP contribution in [0.1, 0.15) is 47.8 Å². The molecule has 90 valence electrons. The number of benzene rings is 1. The minimum Gasteiger partial charge on any atom is -0.462 e. The first-order chi connectivity index (χ1) is 8.17. The molecule has 1 aromatic rings. The predicted molar refractivity (Wildman–Crippen MR) is 65.9 cm³/mol. The number of nitriles is 1. The second-order valence-electron chi connectivity index (χ2n) is 3.71. The van der Waals surface area contributed by atoms with E-state index in [0.717, 1.165) is 17.5 Å². The van der Waals surface area contributed by atoms with Crippen LogP contribution in [0.3, 0.4) is 0 Å². The number of rotatable bonds is 4. The smallest absolute Gasteiger partial charge is 0.338 e. The van der Waals surface area contributed by atoms with Gasteiger partial charge in [0.2, 0.25) is 0 Å². The first-order valence-electron chi connectivity index (χ1n) is 5.90. The second-order valence-corrected chi connectivity index (χ2v) is 3.71. The topological polar surface area (TPSA) is 50.1 Å². The van der Waals surface area contributed by atoms with E-state index in [1.807, 2.05) is 13.8 Å². The van der Waals surface area contributed by atoms with Crippen molar-refractivity contribution in [3.8, 4) is 6.07 Å². The molecule has 0 heterocycles. The first-order valence-corrected chi connectivity index (χ1v) is 5.90. The minimum absolute atomic E-state index is 0.302. The largest absolute Gasteiger partial charge is 0.462 e. The summed E-state index contributed by atoms with van der Waals surface area (Å²) in [5, 5.41) is 9.04. The number of esters is 1. The normalized spacial score (nSPS) is 9.76. The molecule has 1 aromatic carbocycles. The van der Waals surface area contributed by atoms with Gasteiger partial charge >= 0.3 is 5.97 Å². The molecule has 17 heavy (non-hydrogen) atoms. The third-order valence-electron chi connectivity index (χ3n) is 2.71. The highest BCUT2D eigenvalue weighted by Crippen LogP contribution is 2.19. The Balaban J connectivity index is 3.29. The van der Waals surface area contributed by atoms with Gasteiger partial charge in [0, 0.05) is 0 Å². The molecule has 0 fully saturated rings. The lowest BCUT2D eigenvalue weighted by Gasteiger charge is -2.10. The van der Waals surface area contributed by atoms with Gasteiger partial charge in [-0.25, -0.2) is 4.79 Å². The maximum Gasteiger partial charge on any atom is 0.338 e. The zero-order chi connectivity index (χ0) is 12.8. The second kappa shape index (κ2) is 6.05. The summed E-state index contributed by atoms with van der Waals surface area (Å²) in [5.74, 6) is -0.302. The summed E-state index contributed by atoms with van der Waals surface area (Å²) in [6, 6.07) is 5.75. The third kappa shape index (κ3) is 2.85. The van der Waals surface area contributed by atoms with Crippen LogP contribution in [0.5, 0.6) is 0 Å². The maximum absolute atomic E-state index is 11.8. The fourth-order valence-corrected chi connectivity index (χ4v) is 1.78. The molecule has 1 rings (SSSR count). The molecule has 0 unspecified atom stereocenters. The Morgan fingerprint density at radius 2 is 1.88 bits per heavy atom. The fourth-order valence-electron chi connectivity index (χ4n) is 1.78. The number of carbonyl (C=O) groups is 1. The summed E-state index contributed by atoms with van der Waals surface area (Å²) in [6.07, 6.45) is 1.45. The lowest BCUT2D eigenvalue weighted by atomic mass is 9.96. The highest BCUT2D eigenvalue weighted by molar-refractivity contribution is 5.91. The monoisotopic (exact) mass is 231 g/mol. The van der Waals surface area contributed by atoms with Crippen LogP contribution in [-0.2, 0) is 17.6 Å². The Morgan fingerprint density at radius 1 is 1.24 bits per heavy atom. The van der Waals surface area contributed by atoms with E-state index in [9.17, 15) is 4.79 Å². The van der Waals surface area contributed by atoms with Crippen LogP contribution in [0, 0.1) is 11.3 Å². The lowest BCUT2D eigenvalue weighted by Crippen LogP contribution is -2.09. The average molecular weight is 231 g/mol. The number of nitrogens with zero attached hydrogens (tertiary/aromatic N) is 1. The van der Waals surface area contributed by atoms with Crippen molar-refractivity contribution in [2.45, 2.75) is 33.6 Å². The number of hydrogen-bond acceptors (Lipinski definition) is 3. The van der Waals surface area contributed by atoms with Gasteiger partial charge in [0.1, 0.15) is 0 Å². The van der Waals surface area contributed by atoms with Crippen molar-refractivity contribution in [2.75, 3.05) is 6.61 Å². The molecule has 0 saturated heterocycles. The van der Waals surface area contributed by atoms with E-state index in [0.29, 0.717) is 24.2 Å². The summed E-state index contributed by atoms with van der Waals surface area (Å²) in [4.78, 5) is 11.8. The van der Waals surface area contributed by atoms with Gasteiger partial charge in [0.15, 0.2) is 0 Å². The molecule has 0 N–H and O–H groups in total. The quantitative estimate of drug-likeness (QED) is 0.749. The molecule has 0 radical (unpaired) electrons. The highest BCUT2D eigenvalue weighted by atomic mass is 16.5. The van der Waals surface area contributed by atoms with E-state index in [4.69, 9.17) is 10.00 Å². The van der Waals surface area contributed by atoms with Crippen molar-refractivity contribution in [3.63, 3.8) is 0 Å². The fraction of sp³-hybridized carbons (Fsp3) is 0.429. The Hall–Kier alpha value is -1.82. The molecule has 3 nitrogen and oxygen atoms in total. The van der Waals surface area contributed by atoms with E-state index < -0.39 is 0 Å². The summed E-state index contributed by atoms with van der Waals surface area (Å²) in [7, 11) is 0. The van der Waals surface area contributed by atoms with E-state index in [2.05, 4.69) is 6.07 Å². The van der Waals surface area contributed by atoms with Crippen molar-refractivity contribution >= 4 is 5.97 Å². The number of ether oxygens (including phenoxy) is 1. The summed E-state index contributed by atoms with van der Waals surface area (Å²) < 4.78 is 5.02. The minimum atomic E-state index is -0.302. The van der Waals surface area contributed by atoms with Crippen LogP contribution in [0.4, 0.5) is 0 Å². The summed E-state index contributed by atoms with van der Waals surface area (Å²) in [5.41, 5.74) is 3.01. The van der Waals surface area contributed by atoms with Crippen molar-refractivity contribution in [1.29, 1.82) is 5.26 Å². The van der Waals surface area contributed by atoms with Crippen LogP contribution in [0.15, 0.2) is 12.1 Å². The van der Waals surface area contributed by atoms with E-state index >= 15 is 0 Å². The molecule has 0 saturated carbocycles. The zero-order valence-corrected chi connectivity index (χ0v) is 10.5. The van der Waals surface area contributed by atoms with Gasteiger partial charge in [0.05, 0.1) is 23.8 Å². The molecule has 0 aliphatic heterocycles. The van der Waals surface area contributed by atoms with Gasteiger partial charge in [-0.2, -0.15) is 5.26 Å². The number of aryl methyl sites for hydroxylation is 2. The average Bonchev–Trinajstić information content (AvgIpc) is 2.37. The summed E-state index contributed by atoms with van der Waals surface area (Å²) >= 11 is 0. The molecule has 0 bridgehead atoms. The summed E-state index contributed by atoms with van der Waals surface area (Å²) in [6.45, 7) is 6.08. The molecule has 0 spiro atoms. The molecular formula is C14H17NO2. The molecular weight excluding hydrogens is 214 g/mol. The van der Waals surface area contributed by atoms with E-state index in [1.54, 1.807) is 19.1 Å². The third-order valence-corrected chi connectivity index (χ3v) is 2.71. The SMILES string of the molecule is CCOC(=O)c1cc(CC)c(C#N)cc1CC. The molecule has 3 heteroatoms. The number of carbonyl (C=O) groups excluding carboxylic acids is 1. The van der Waals surface area contributed by atoms with Crippen LogP contribution >= 0.6 is 0 Å². The predicted octanol–water partition coefficient (Wildman–Crippen LogP) is 2.86. The van der Waals surface area contributed by atoms with E-state index in [1.165, 1.54) is 0 Å². The first kappa shape index (κ1) is 13.2. The van der Waals surface area contributed by atoms with Crippen LogP contribution in [0.25, 0.3) is 0 Å². The lowest BCUT2D eigenvalue weighted by molar-refractivity contribution is 0.0525.